The molecule has 8 heteroatoms. The fraction of sp³-hybridized carbons (Fsp3) is 0.364. The number of hydrogen-bond acceptors (Lipinski definition) is 2. The summed E-state index contributed by atoms with van der Waals surface area (Å²) < 4.78 is 39.5. The molecule has 0 spiro atoms. The number of nitrogens with two attached hydrogens (primary N) is 1. The molecule has 0 saturated carbocycles. The van der Waals surface area contributed by atoms with Crippen LogP contribution in [0.15, 0.2) is 42.5 Å². The third-order valence-electron chi connectivity index (χ3n) is 4.66. The van der Waals surface area contributed by atoms with Gasteiger partial charge in [-0.1, -0.05) is 0 Å². The first kappa shape index (κ1) is 23.4. The number of anilines is 1. The molecule has 0 fully saturated rings. The van der Waals surface area contributed by atoms with Crippen molar-refractivity contribution in [1.82, 2.24) is 4.90 Å². The molecule has 2 aromatic rings. The van der Waals surface area contributed by atoms with Crippen molar-refractivity contribution in [2.75, 3.05) is 18.4 Å². The Morgan fingerprint density at radius 2 is 1.67 bits per heavy atom. The van der Waals surface area contributed by atoms with E-state index in [1.165, 1.54) is 35.2 Å². The summed E-state index contributed by atoms with van der Waals surface area (Å²) in [5.41, 5.74) is 0.371. The average Bonchev–Trinajstić information content (AvgIpc) is 2.67. The normalized spacial score (nSPS) is 12.4. The molecule has 0 aromatic heterocycles. The molecule has 0 radical (unpaired) electrons. The summed E-state index contributed by atoms with van der Waals surface area (Å²) in [6, 6.07) is 8.70. The third-order valence-corrected chi connectivity index (χ3v) is 4.66. The number of rotatable bonds is 7. The van der Waals surface area contributed by atoms with Crippen molar-refractivity contribution in [1.29, 1.82) is 0 Å². The molecule has 0 bridgehead atoms. The minimum Gasteiger partial charge on any atom is -0.333 e. The van der Waals surface area contributed by atoms with Gasteiger partial charge < -0.3 is 15.5 Å². The Bertz CT molecular complexity index is 895. The number of nitrogens with one attached hydrogen (secondary N) is 1. The second-order valence-corrected chi connectivity index (χ2v) is 8.11. The predicted octanol–water partition coefficient (Wildman–Crippen LogP) is 2.99. The second-order valence-electron chi connectivity index (χ2n) is 8.11. The summed E-state index contributed by atoms with van der Waals surface area (Å²) in [4.78, 5) is 26.7. The van der Waals surface area contributed by atoms with Gasteiger partial charge in [0.25, 0.3) is 5.91 Å². The lowest BCUT2D eigenvalue weighted by molar-refractivity contribution is -0.683. The summed E-state index contributed by atoms with van der Waals surface area (Å²) in [6.45, 7) is 7.08. The van der Waals surface area contributed by atoms with Crippen LogP contribution in [0.5, 0.6) is 0 Å². The summed E-state index contributed by atoms with van der Waals surface area (Å²) >= 11 is 0. The highest BCUT2D eigenvalue weighted by Gasteiger charge is 2.30. The van der Waals surface area contributed by atoms with Gasteiger partial charge in [-0.2, -0.15) is 0 Å². The van der Waals surface area contributed by atoms with Crippen LogP contribution >= 0.6 is 0 Å². The molecule has 0 saturated heterocycles. The number of amides is 2. The summed E-state index contributed by atoms with van der Waals surface area (Å²) in [7, 11) is 0. The largest absolute Gasteiger partial charge is 0.333 e. The molecule has 0 aliphatic rings. The number of halogens is 3. The van der Waals surface area contributed by atoms with Gasteiger partial charge in [-0.25, -0.2) is 13.2 Å². The Kier molecular flexibility index (Phi) is 7.61. The van der Waals surface area contributed by atoms with Crippen LogP contribution in [0.4, 0.5) is 18.9 Å². The number of quaternary nitrogens is 1. The van der Waals surface area contributed by atoms with E-state index in [4.69, 9.17) is 0 Å². The van der Waals surface area contributed by atoms with E-state index in [0.29, 0.717) is 11.3 Å². The molecule has 2 rings (SSSR count). The van der Waals surface area contributed by atoms with Crippen LogP contribution in [-0.4, -0.2) is 35.3 Å². The lowest BCUT2D eigenvalue weighted by Crippen LogP contribution is -2.87. The average molecular weight is 422 g/mol. The molecule has 5 nitrogen and oxygen atoms in total. The van der Waals surface area contributed by atoms with E-state index >= 15 is 0 Å². The minimum absolute atomic E-state index is 0.0290. The van der Waals surface area contributed by atoms with E-state index in [0.717, 1.165) is 12.1 Å². The van der Waals surface area contributed by atoms with Crippen LogP contribution < -0.4 is 10.6 Å². The Morgan fingerprint density at radius 3 is 2.23 bits per heavy atom. The molecule has 0 aliphatic heterocycles. The minimum atomic E-state index is -0.937. The van der Waals surface area contributed by atoms with E-state index < -0.39 is 28.9 Å². The van der Waals surface area contributed by atoms with Crippen molar-refractivity contribution in [2.45, 2.75) is 39.3 Å². The predicted molar refractivity (Wildman–Crippen MR) is 108 cm³/mol. The monoisotopic (exact) mass is 422 g/mol. The molecular weight excluding hydrogens is 395 g/mol. The maximum absolute atomic E-state index is 13.4. The second kappa shape index (κ2) is 9.75. The van der Waals surface area contributed by atoms with E-state index in [9.17, 15) is 22.8 Å². The number of nitrogens with zero attached hydrogens (tertiary/aromatic N) is 1. The highest BCUT2D eigenvalue weighted by atomic mass is 19.2. The lowest BCUT2D eigenvalue weighted by Gasteiger charge is -2.34. The molecule has 3 N–H and O–H groups in total. The Labute approximate surface area is 174 Å². The smallest absolute Gasteiger partial charge is 0.278 e. The molecule has 162 valence electrons. The lowest BCUT2D eigenvalue weighted by atomic mass is 10.1. The molecule has 1 atom stereocenters. The Hall–Kier alpha value is -2.87. The van der Waals surface area contributed by atoms with Crippen LogP contribution in [0, 0.1) is 17.5 Å². The van der Waals surface area contributed by atoms with Gasteiger partial charge in [-0.15, -0.1) is 0 Å². The first-order valence-corrected chi connectivity index (χ1v) is 9.61. The van der Waals surface area contributed by atoms with Gasteiger partial charge in [0, 0.05) is 16.8 Å². The standard InChI is InChI=1S/C22H26F3N3O2/c1-14(15-5-10-18(24)19(25)11-15)26-12-21(30)28(22(2,3)4)13-20(29)27-17-8-6-16(23)7-9-17/h5-11,14,26H,12-13H2,1-4H3,(H,27,29)/p+1/t14-/m1/s1. The molecule has 30 heavy (non-hydrogen) atoms. The van der Waals surface area contributed by atoms with Gasteiger partial charge in [0.15, 0.2) is 18.2 Å². The van der Waals surface area contributed by atoms with Gasteiger partial charge in [-0.05, 0) is 70.2 Å². The third kappa shape index (κ3) is 6.59. The fourth-order valence-corrected chi connectivity index (χ4v) is 2.90. The number of benzene rings is 2. The van der Waals surface area contributed by atoms with Crippen molar-refractivity contribution < 1.29 is 28.1 Å². The van der Waals surface area contributed by atoms with Gasteiger partial charge in [0.05, 0.1) is 0 Å². The molecule has 0 unspecified atom stereocenters. The fourth-order valence-electron chi connectivity index (χ4n) is 2.90. The summed E-state index contributed by atoms with van der Waals surface area (Å²) in [5.74, 6) is -2.95. The van der Waals surface area contributed by atoms with Gasteiger partial charge in [0.2, 0.25) is 5.91 Å². The van der Waals surface area contributed by atoms with E-state index in [-0.39, 0.29) is 25.0 Å². The number of carbonyl (C=O) groups is 2. The van der Waals surface area contributed by atoms with Crippen LogP contribution in [-0.2, 0) is 9.59 Å². The quantitative estimate of drug-likeness (QED) is 0.721. The van der Waals surface area contributed by atoms with Crippen LogP contribution in [0.3, 0.4) is 0 Å². The first-order chi connectivity index (χ1) is 14.0. The van der Waals surface area contributed by atoms with Gasteiger partial charge in [-0.3, -0.25) is 9.59 Å². The molecule has 2 amide bonds. The van der Waals surface area contributed by atoms with E-state index in [1.54, 1.807) is 12.2 Å². The molecular formula is C22H27F3N3O2+. The van der Waals surface area contributed by atoms with Crippen molar-refractivity contribution in [3.8, 4) is 0 Å². The van der Waals surface area contributed by atoms with Crippen molar-refractivity contribution >= 4 is 17.5 Å². The van der Waals surface area contributed by atoms with Crippen LogP contribution in [0.2, 0.25) is 0 Å². The molecule has 0 aliphatic carbocycles. The number of hydrogen-bond donors (Lipinski definition) is 2. The number of carbonyl (C=O) groups excluding carboxylic acids is 2. The zero-order valence-corrected chi connectivity index (χ0v) is 17.5. The van der Waals surface area contributed by atoms with Crippen molar-refractivity contribution in [2.24, 2.45) is 0 Å². The summed E-state index contributed by atoms with van der Waals surface area (Å²) in [5, 5.41) is 4.34. The highest BCUT2D eigenvalue weighted by Crippen LogP contribution is 2.15. The topological polar surface area (TPSA) is 66.0 Å². The van der Waals surface area contributed by atoms with Crippen molar-refractivity contribution in [3.63, 3.8) is 0 Å². The maximum atomic E-state index is 13.4. The van der Waals surface area contributed by atoms with Gasteiger partial charge in [0.1, 0.15) is 18.4 Å². The molecule has 2 aromatic carbocycles. The van der Waals surface area contributed by atoms with Gasteiger partial charge >= 0.3 is 0 Å². The van der Waals surface area contributed by atoms with Crippen LogP contribution in [0.1, 0.15) is 39.3 Å². The molecule has 0 heterocycles. The van der Waals surface area contributed by atoms with Crippen molar-refractivity contribution in [3.05, 3.63) is 65.5 Å². The van der Waals surface area contributed by atoms with Crippen LogP contribution in [0.25, 0.3) is 0 Å². The Balaban J connectivity index is 1.99. The summed E-state index contributed by atoms with van der Waals surface area (Å²) in [6.07, 6.45) is 0. The zero-order chi connectivity index (χ0) is 22.5. The highest BCUT2D eigenvalue weighted by molar-refractivity contribution is 5.94. The van der Waals surface area contributed by atoms with E-state index in [2.05, 4.69) is 5.32 Å². The Morgan fingerprint density at radius 1 is 1.03 bits per heavy atom. The maximum Gasteiger partial charge on any atom is 0.278 e. The van der Waals surface area contributed by atoms with E-state index in [1.807, 2.05) is 20.8 Å². The first-order valence-electron chi connectivity index (χ1n) is 9.61. The zero-order valence-electron chi connectivity index (χ0n) is 17.5. The SMILES string of the molecule is C[C@@H]([NH2+]CC(=O)N(CC(=O)Nc1ccc(F)cc1)C(C)(C)C)c1ccc(F)c(F)c1.